The molecule has 196 valence electrons. The molecule has 2 aromatic carbocycles. The zero-order chi connectivity index (χ0) is 28.0. The summed E-state index contributed by atoms with van der Waals surface area (Å²) >= 11 is 0. The Labute approximate surface area is 221 Å². The highest BCUT2D eigenvalue weighted by molar-refractivity contribution is 5.96. The zero-order valence-electron chi connectivity index (χ0n) is 23.9. The summed E-state index contributed by atoms with van der Waals surface area (Å²) < 4.78 is 42.5. The molecule has 0 radical (unpaired) electrons. The molecule has 5 rings (SSSR count). The smallest absolute Gasteiger partial charge is 0.257 e. The molecule has 1 amide bonds. The predicted octanol–water partition coefficient (Wildman–Crippen LogP) is 4.09. The Bertz CT molecular complexity index is 1320. The first-order valence-electron chi connectivity index (χ1n) is 14.4. The summed E-state index contributed by atoms with van der Waals surface area (Å²) in [5.74, 6) is 1.19. The number of benzene rings is 2. The number of amides is 1. The normalized spacial score (nSPS) is 21.4. The van der Waals surface area contributed by atoms with Gasteiger partial charge in [0.2, 0.25) is 0 Å². The Morgan fingerprint density at radius 2 is 1.92 bits per heavy atom. The van der Waals surface area contributed by atoms with Gasteiger partial charge in [0.05, 0.1) is 25.9 Å². The minimum atomic E-state index is -2.38. The van der Waals surface area contributed by atoms with Gasteiger partial charge in [-0.25, -0.2) is 9.97 Å². The van der Waals surface area contributed by atoms with Gasteiger partial charge in [-0.05, 0) is 43.5 Å². The molecule has 3 heterocycles. The first kappa shape index (κ1) is 21.5. The van der Waals surface area contributed by atoms with Crippen molar-refractivity contribution >= 4 is 28.3 Å². The van der Waals surface area contributed by atoms with Gasteiger partial charge in [-0.2, -0.15) is 0 Å². The molecule has 2 aliphatic rings. The number of morpholine rings is 1. The highest BCUT2D eigenvalue weighted by atomic mass is 16.5. The Morgan fingerprint density at radius 1 is 1.03 bits per heavy atom. The fourth-order valence-corrected chi connectivity index (χ4v) is 4.55. The maximum Gasteiger partial charge on any atom is 0.257 e. The maximum atomic E-state index is 12.5. The fraction of sp³-hybridized carbons (Fsp3) is 0.464. The molecule has 6 bridgehead atoms. The predicted molar refractivity (Wildman–Crippen MR) is 144 cm³/mol. The van der Waals surface area contributed by atoms with Crippen LogP contribution < -0.4 is 25.0 Å². The summed E-state index contributed by atoms with van der Waals surface area (Å²) in [4.78, 5) is 23.6. The number of fused-ring (bicyclic) bond motifs is 2. The third-order valence-electron chi connectivity index (χ3n) is 6.56. The van der Waals surface area contributed by atoms with Crippen LogP contribution in [0.15, 0.2) is 42.7 Å². The average Bonchev–Trinajstić information content (AvgIpc) is 2.95. The van der Waals surface area contributed by atoms with Gasteiger partial charge >= 0.3 is 0 Å². The van der Waals surface area contributed by atoms with Crippen LogP contribution in [0.25, 0.3) is 10.9 Å². The third kappa shape index (κ3) is 6.40. The topological polar surface area (TPSA) is 97.8 Å². The lowest BCUT2D eigenvalue weighted by molar-refractivity contribution is -0.123. The van der Waals surface area contributed by atoms with Crippen LogP contribution in [-0.2, 0) is 9.53 Å². The molecule has 2 aliphatic heterocycles. The molecular formula is C28H35N5O4. The Balaban J connectivity index is 1.57. The molecule has 3 aromatic rings. The molecule has 1 aromatic heterocycles. The van der Waals surface area contributed by atoms with Crippen molar-refractivity contribution in [3.8, 4) is 11.5 Å². The van der Waals surface area contributed by atoms with E-state index in [4.69, 9.17) is 18.3 Å². The quantitative estimate of drug-likeness (QED) is 0.507. The number of hydrogen-bond donors (Lipinski definition) is 2. The standard InChI is InChI=1S/C28H35N5O4/c1-20-21-7-6-8-23(15-21)36-12-5-3-2-4-9-29-26(34)18-37-25-17-22(33-10-13-35-14-11-33)16-24-27(25)30-19-31-28(24)32-20/h6-8,15-17,19-20H,2-5,9-14,18H2,1H3,(H,29,34)(H,30,31,32)/t20-/m1/s1/i1D3. The van der Waals surface area contributed by atoms with Crippen LogP contribution in [0.1, 0.15) is 48.3 Å². The molecule has 1 atom stereocenters. The number of rotatable bonds is 1. The van der Waals surface area contributed by atoms with Crippen molar-refractivity contribution in [3.05, 3.63) is 48.3 Å². The van der Waals surface area contributed by atoms with Gasteiger partial charge in [0, 0.05) is 40.9 Å². The summed E-state index contributed by atoms with van der Waals surface area (Å²) in [7, 11) is 0. The molecule has 0 unspecified atom stereocenters. The first-order valence-corrected chi connectivity index (χ1v) is 12.9. The Hall–Kier alpha value is -3.59. The van der Waals surface area contributed by atoms with Crippen LogP contribution in [0.5, 0.6) is 11.5 Å². The van der Waals surface area contributed by atoms with E-state index in [9.17, 15) is 4.79 Å². The molecule has 0 spiro atoms. The molecule has 9 nitrogen and oxygen atoms in total. The SMILES string of the molecule is [2H]C([2H])([2H])[C@H]1Nc2ncnc3c(cc(N4CCOCC4)cc23)OCC(=O)NCCCCCCOc2cccc1c2. The van der Waals surface area contributed by atoms with Crippen molar-refractivity contribution in [2.75, 3.05) is 56.3 Å². The van der Waals surface area contributed by atoms with E-state index in [0.717, 1.165) is 31.4 Å². The van der Waals surface area contributed by atoms with Crippen LogP contribution in [-0.4, -0.2) is 61.9 Å². The van der Waals surface area contributed by atoms with Gasteiger partial charge < -0.3 is 29.7 Å². The maximum absolute atomic E-state index is 12.5. The molecule has 1 fully saturated rings. The molecule has 37 heavy (non-hydrogen) atoms. The van der Waals surface area contributed by atoms with Crippen LogP contribution in [0.4, 0.5) is 11.5 Å². The highest BCUT2D eigenvalue weighted by Crippen LogP contribution is 2.35. The number of nitrogens with one attached hydrogen (secondary N) is 2. The number of aromatic nitrogens is 2. The second-order valence-electron chi connectivity index (χ2n) is 9.21. The molecule has 9 heteroatoms. The van der Waals surface area contributed by atoms with E-state index in [1.807, 2.05) is 18.2 Å². The number of anilines is 2. The number of carbonyl (C=O) groups is 1. The van der Waals surface area contributed by atoms with Crippen molar-refractivity contribution in [1.29, 1.82) is 0 Å². The third-order valence-corrected chi connectivity index (χ3v) is 6.56. The van der Waals surface area contributed by atoms with E-state index in [1.54, 1.807) is 18.2 Å². The van der Waals surface area contributed by atoms with Crippen molar-refractivity contribution in [3.63, 3.8) is 0 Å². The lowest BCUT2D eigenvalue weighted by atomic mass is 10.1. The van der Waals surface area contributed by atoms with E-state index in [-0.39, 0.29) is 12.5 Å². The zero-order valence-corrected chi connectivity index (χ0v) is 20.9. The molecule has 1 saturated heterocycles. The van der Waals surface area contributed by atoms with Crippen molar-refractivity contribution < 1.29 is 23.1 Å². The second kappa shape index (κ2) is 12.1. The van der Waals surface area contributed by atoms with Crippen LogP contribution in [0, 0.1) is 0 Å². The average molecular weight is 509 g/mol. The monoisotopic (exact) mass is 508 g/mol. The van der Waals surface area contributed by atoms with Gasteiger partial charge in [0.25, 0.3) is 5.91 Å². The molecule has 2 N–H and O–H groups in total. The molecule has 0 aliphatic carbocycles. The summed E-state index contributed by atoms with van der Waals surface area (Å²) in [5.41, 5.74) is 1.90. The van der Waals surface area contributed by atoms with Gasteiger partial charge in [-0.3, -0.25) is 4.79 Å². The fourth-order valence-electron chi connectivity index (χ4n) is 4.55. The van der Waals surface area contributed by atoms with E-state index in [2.05, 4.69) is 25.5 Å². The van der Waals surface area contributed by atoms with E-state index < -0.39 is 12.9 Å². The van der Waals surface area contributed by atoms with E-state index >= 15 is 0 Å². The minimum absolute atomic E-state index is 0.160. The number of ether oxygens (including phenoxy) is 3. The summed E-state index contributed by atoms with van der Waals surface area (Å²) in [6.07, 6.45) is 5.01. The Morgan fingerprint density at radius 3 is 2.81 bits per heavy atom. The van der Waals surface area contributed by atoms with Crippen molar-refractivity contribution in [2.45, 2.75) is 38.6 Å². The van der Waals surface area contributed by atoms with E-state index in [0.29, 0.717) is 73.2 Å². The minimum Gasteiger partial charge on any atom is -0.494 e. The summed E-state index contributed by atoms with van der Waals surface area (Å²) in [6, 6.07) is 9.93. The molecular weight excluding hydrogens is 470 g/mol. The number of hydrogen-bond acceptors (Lipinski definition) is 8. The van der Waals surface area contributed by atoms with Crippen molar-refractivity contribution in [1.82, 2.24) is 15.3 Å². The number of nitrogens with zero attached hydrogens (tertiary/aromatic N) is 3. The van der Waals surface area contributed by atoms with Crippen LogP contribution in [0.2, 0.25) is 0 Å². The van der Waals surface area contributed by atoms with E-state index in [1.165, 1.54) is 6.33 Å². The lowest BCUT2D eigenvalue weighted by Crippen LogP contribution is -2.36. The lowest BCUT2D eigenvalue weighted by Gasteiger charge is -2.29. The molecule has 0 saturated carbocycles. The van der Waals surface area contributed by atoms with Crippen LogP contribution >= 0.6 is 0 Å². The van der Waals surface area contributed by atoms with Crippen LogP contribution in [0.3, 0.4) is 0 Å². The summed E-state index contributed by atoms with van der Waals surface area (Å²) in [5, 5.41) is 6.69. The highest BCUT2D eigenvalue weighted by Gasteiger charge is 2.19. The first-order chi connectivity index (χ1) is 19.4. The van der Waals surface area contributed by atoms with Gasteiger partial charge in [0.1, 0.15) is 29.2 Å². The number of carbonyl (C=O) groups excluding carboxylic acids is 1. The second-order valence-corrected chi connectivity index (χ2v) is 9.21. The largest absolute Gasteiger partial charge is 0.494 e. The Kier molecular flexibility index (Phi) is 7.03. The van der Waals surface area contributed by atoms with Gasteiger partial charge in [-0.1, -0.05) is 25.0 Å². The summed E-state index contributed by atoms with van der Waals surface area (Å²) in [6.45, 7) is 1.11. The van der Waals surface area contributed by atoms with Crippen molar-refractivity contribution in [2.24, 2.45) is 0 Å². The van der Waals surface area contributed by atoms with Gasteiger partial charge in [0.15, 0.2) is 6.61 Å². The van der Waals surface area contributed by atoms with Gasteiger partial charge in [-0.15, -0.1) is 0 Å².